The zero-order valence-corrected chi connectivity index (χ0v) is 15.4. The minimum Gasteiger partial charge on any atom is -0.347 e. The van der Waals surface area contributed by atoms with Crippen LogP contribution < -0.4 is 10.6 Å². The molecule has 2 amide bonds. The molecule has 1 aromatic heterocycles. The molecule has 2 aromatic carbocycles. The van der Waals surface area contributed by atoms with E-state index in [9.17, 15) is 9.59 Å². The van der Waals surface area contributed by atoms with Crippen molar-refractivity contribution in [1.29, 1.82) is 5.26 Å². The number of nitrogens with zero attached hydrogens (tertiary/aromatic N) is 2. The molecule has 3 aromatic rings. The lowest BCUT2D eigenvalue weighted by molar-refractivity contribution is 0.0946. The minimum absolute atomic E-state index is 0.121. The standard InChI is InChI=1S/C21H15ClN4O2/c22-17-7-5-14(6-8-17)13-25-21(28)19-11-15(9-10-24-19)20(27)26-18-4-2-1-3-16(18)12-23/h1-11H,13H2,(H,25,28)(H,26,27). The lowest BCUT2D eigenvalue weighted by atomic mass is 10.1. The Balaban J connectivity index is 1.69. The van der Waals surface area contributed by atoms with Gasteiger partial charge in [0.25, 0.3) is 11.8 Å². The summed E-state index contributed by atoms with van der Waals surface area (Å²) >= 11 is 5.84. The number of amides is 2. The Labute approximate surface area is 166 Å². The second-order valence-corrected chi connectivity index (χ2v) is 6.29. The van der Waals surface area contributed by atoms with Crippen LogP contribution >= 0.6 is 11.6 Å². The smallest absolute Gasteiger partial charge is 0.270 e. The third kappa shape index (κ3) is 4.72. The highest BCUT2D eigenvalue weighted by Crippen LogP contribution is 2.15. The van der Waals surface area contributed by atoms with Gasteiger partial charge in [0.15, 0.2) is 0 Å². The summed E-state index contributed by atoms with van der Waals surface area (Å²) in [5, 5.41) is 15.2. The number of carbonyl (C=O) groups is 2. The van der Waals surface area contributed by atoms with Gasteiger partial charge in [0.1, 0.15) is 11.8 Å². The first kappa shape index (κ1) is 19.1. The van der Waals surface area contributed by atoms with Crippen molar-refractivity contribution in [3.05, 3.63) is 94.3 Å². The van der Waals surface area contributed by atoms with E-state index in [1.54, 1.807) is 36.4 Å². The number of aromatic nitrogens is 1. The Morgan fingerprint density at radius 3 is 2.54 bits per heavy atom. The number of nitriles is 1. The van der Waals surface area contributed by atoms with E-state index < -0.39 is 11.8 Å². The van der Waals surface area contributed by atoms with E-state index in [-0.39, 0.29) is 11.3 Å². The summed E-state index contributed by atoms with van der Waals surface area (Å²) < 4.78 is 0. The highest BCUT2D eigenvalue weighted by molar-refractivity contribution is 6.30. The van der Waals surface area contributed by atoms with Crippen molar-refractivity contribution >= 4 is 29.1 Å². The van der Waals surface area contributed by atoms with E-state index in [0.29, 0.717) is 22.8 Å². The van der Waals surface area contributed by atoms with Crippen LogP contribution in [0, 0.1) is 11.3 Å². The second kappa shape index (κ2) is 8.80. The van der Waals surface area contributed by atoms with E-state index in [2.05, 4.69) is 15.6 Å². The monoisotopic (exact) mass is 390 g/mol. The second-order valence-electron chi connectivity index (χ2n) is 5.85. The molecule has 0 saturated heterocycles. The number of para-hydroxylation sites is 1. The van der Waals surface area contributed by atoms with E-state index in [1.165, 1.54) is 18.3 Å². The predicted molar refractivity (Wildman–Crippen MR) is 106 cm³/mol. The number of anilines is 1. The van der Waals surface area contributed by atoms with Gasteiger partial charge in [0, 0.05) is 23.3 Å². The van der Waals surface area contributed by atoms with Gasteiger partial charge < -0.3 is 10.6 Å². The zero-order valence-electron chi connectivity index (χ0n) is 14.6. The van der Waals surface area contributed by atoms with Gasteiger partial charge in [-0.05, 0) is 42.0 Å². The van der Waals surface area contributed by atoms with Gasteiger partial charge in [-0.1, -0.05) is 35.9 Å². The number of carbonyl (C=O) groups excluding carboxylic acids is 2. The van der Waals surface area contributed by atoms with Crippen LogP contribution in [0.1, 0.15) is 32.0 Å². The molecule has 0 aliphatic rings. The molecule has 0 bridgehead atoms. The molecule has 0 radical (unpaired) electrons. The number of hydrogen-bond donors (Lipinski definition) is 2. The van der Waals surface area contributed by atoms with Crippen molar-refractivity contribution in [3.8, 4) is 6.07 Å². The van der Waals surface area contributed by atoms with Gasteiger partial charge >= 0.3 is 0 Å². The van der Waals surface area contributed by atoms with E-state index in [0.717, 1.165) is 5.56 Å². The van der Waals surface area contributed by atoms with Crippen molar-refractivity contribution < 1.29 is 9.59 Å². The van der Waals surface area contributed by atoms with Crippen molar-refractivity contribution in [2.45, 2.75) is 6.54 Å². The quantitative estimate of drug-likeness (QED) is 0.692. The molecule has 2 N–H and O–H groups in total. The van der Waals surface area contributed by atoms with E-state index in [4.69, 9.17) is 16.9 Å². The first-order valence-electron chi connectivity index (χ1n) is 8.36. The summed E-state index contributed by atoms with van der Waals surface area (Å²) in [4.78, 5) is 28.8. The summed E-state index contributed by atoms with van der Waals surface area (Å²) in [6.07, 6.45) is 1.39. The Bertz CT molecular complexity index is 1060. The van der Waals surface area contributed by atoms with Crippen molar-refractivity contribution in [3.63, 3.8) is 0 Å². The highest BCUT2D eigenvalue weighted by atomic mass is 35.5. The van der Waals surface area contributed by atoms with Crippen LogP contribution in [0.2, 0.25) is 5.02 Å². The molecule has 0 spiro atoms. The molecule has 0 atom stereocenters. The van der Waals surface area contributed by atoms with Crippen LogP contribution in [0.3, 0.4) is 0 Å². The number of benzene rings is 2. The fraction of sp³-hybridized carbons (Fsp3) is 0.0476. The number of rotatable bonds is 5. The molecule has 6 nitrogen and oxygen atoms in total. The van der Waals surface area contributed by atoms with Gasteiger partial charge in [-0.25, -0.2) is 0 Å². The molecule has 138 valence electrons. The van der Waals surface area contributed by atoms with E-state index >= 15 is 0 Å². The molecule has 7 heteroatoms. The normalized spacial score (nSPS) is 10.0. The maximum Gasteiger partial charge on any atom is 0.270 e. The average molecular weight is 391 g/mol. The SMILES string of the molecule is N#Cc1ccccc1NC(=O)c1ccnc(C(=O)NCc2ccc(Cl)cc2)c1. The summed E-state index contributed by atoms with van der Waals surface area (Å²) in [5.41, 5.74) is 2.03. The molecule has 0 fully saturated rings. The highest BCUT2D eigenvalue weighted by Gasteiger charge is 2.13. The average Bonchev–Trinajstić information content (AvgIpc) is 2.73. The molecule has 0 unspecified atom stereocenters. The molecular weight excluding hydrogens is 376 g/mol. The predicted octanol–water partition coefficient (Wildman–Crippen LogP) is 3.79. The van der Waals surface area contributed by atoms with Crippen LogP contribution in [0.15, 0.2) is 66.9 Å². The summed E-state index contributed by atoms with van der Waals surface area (Å²) in [6.45, 7) is 0.309. The Hall–Kier alpha value is -3.69. The third-order valence-electron chi connectivity index (χ3n) is 3.92. The van der Waals surface area contributed by atoms with Gasteiger partial charge in [0.05, 0.1) is 11.3 Å². The fourth-order valence-electron chi connectivity index (χ4n) is 2.46. The topological polar surface area (TPSA) is 94.9 Å². The van der Waals surface area contributed by atoms with Crippen molar-refractivity contribution in [2.75, 3.05) is 5.32 Å². The van der Waals surface area contributed by atoms with Crippen LogP contribution in [-0.4, -0.2) is 16.8 Å². The van der Waals surface area contributed by atoms with Gasteiger partial charge in [-0.2, -0.15) is 5.26 Å². The fourth-order valence-corrected chi connectivity index (χ4v) is 2.58. The molecular formula is C21H15ClN4O2. The van der Waals surface area contributed by atoms with Gasteiger partial charge in [-0.15, -0.1) is 0 Å². The summed E-state index contributed by atoms with van der Waals surface area (Å²) in [6, 6.07) is 18.7. The van der Waals surface area contributed by atoms with Crippen molar-refractivity contribution in [1.82, 2.24) is 10.3 Å². The van der Waals surface area contributed by atoms with Gasteiger partial charge in [0.2, 0.25) is 0 Å². The maximum absolute atomic E-state index is 12.5. The van der Waals surface area contributed by atoms with Crippen LogP contribution in [-0.2, 0) is 6.54 Å². The van der Waals surface area contributed by atoms with E-state index in [1.807, 2.05) is 18.2 Å². The third-order valence-corrected chi connectivity index (χ3v) is 4.17. The Kier molecular flexibility index (Phi) is 6.00. The molecule has 0 saturated carbocycles. The lowest BCUT2D eigenvalue weighted by Crippen LogP contribution is -2.24. The van der Waals surface area contributed by atoms with Gasteiger partial charge in [-0.3, -0.25) is 14.6 Å². The van der Waals surface area contributed by atoms with Crippen LogP contribution in [0.5, 0.6) is 0 Å². The number of hydrogen-bond acceptors (Lipinski definition) is 4. The molecule has 0 aliphatic heterocycles. The Morgan fingerprint density at radius 1 is 1.04 bits per heavy atom. The summed E-state index contributed by atoms with van der Waals surface area (Å²) in [7, 11) is 0. The first-order chi connectivity index (χ1) is 13.6. The number of pyridine rings is 1. The first-order valence-corrected chi connectivity index (χ1v) is 8.74. The lowest BCUT2D eigenvalue weighted by Gasteiger charge is -2.08. The Morgan fingerprint density at radius 2 is 1.79 bits per heavy atom. The molecule has 28 heavy (non-hydrogen) atoms. The minimum atomic E-state index is -0.433. The summed E-state index contributed by atoms with van der Waals surface area (Å²) in [5.74, 6) is -0.834. The molecule has 1 heterocycles. The van der Waals surface area contributed by atoms with Crippen LogP contribution in [0.25, 0.3) is 0 Å². The van der Waals surface area contributed by atoms with Crippen LogP contribution in [0.4, 0.5) is 5.69 Å². The number of halogens is 1. The number of nitrogens with one attached hydrogen (secondary N) is 2. The largest absolute Gasteiger partial charge is 0.347 e. The molecule has 0 aliphatic carbocycles. The molecule has 3 rings (SSSR count). The van der Waals surface area contributed by atoms with Crippen molar-refractivity contribution in [2.24, 2.45) is 0 Å². The maximum atomic E-state index is 12.5. The zero-order chi connectivity index (χ0) is 19.9.